The summed E-state index contributed by atoms with van der Waals surface area (Å²) in [6.45, 7) is -0.894. The molecule has 0 unspecified atom stereocenters. The Morgan fingerprint density at radius 2 is 2.08 bits per heavy atom. The molecule has 74 valence electrons. The van der Waals surface area contributed by atoms with E-state index in [0.29, 0.717) is 0 Å². The standard InChI is InChI=1S/C7H9F3N2O/c8-7(9,10)6(13,4-11)5-1-2-12-3-5/h1-3,12-13H,4,11H2/t6-/m0/s1. The van der Waals surface area contributed by atoms with Crippen molar-refractivity contribution in [2.24, 2.45) is 5.73 Å². The first-order chi connectivity index (χ1) is 5.92. The normalized spacial score (nSPS) is 17.0. The number of H-pyrrole nitrogens is 1. The van der Waals surface area contributed by atoms with Gasteiger partial charge in [-0.15, -0.1) is 0 Å². The van der Waals surface area contributed by atoms with Crippen LogP contribution in [0, 0.1) is 0 Å². The molecule has 0 bridgehead atoms. The predicted molar refractivity (Wildman–Crippen MR) is 39.8 cm³/mol. The highest BCUT2D eigenvalue weighted by Gasteiger charge is 2.54. The number of nitrogens with two attached hydrogens (primary N) is 1. The molecule has 0 radical (unpaired) electrons. The smallest absolute Gasteiger partial charge is 0.375 e. The van der Waals surface area contributed by atoms with Crippen LogP contribution >= 0.6 is 0 Å². The number of hydrogen-bond acceptors (Lipinski definition) is 2. The topological polar surface area (TPSA) is 62.0 Å². The van der Waals surface area contributed by atoms with E-state index in [1.165, 1.54) is 6.20 Å². The van der Waals surface area contributed by atoms with Gasteiger partial charge in [0.15, 0.2) is 5.60 Å². The Hall–Kier alpha value is -1.01. The lowest BCUT2D eigenvalue weighted by Gasteiger charge is -2.28. The van der Waals surface area contributed by atoms with Crippen LogP contribution in [0.3, 0.4) is 0 Å². The number of aromatic amines is 1. The minimum absolute atomic E-state index is 0.275. The van der Waals surface area contributed by atoms with Crippen LogP contribution in [0.25, 0.3) is 0 Å². The van der Waals surface area contributed by atoms with Crippen molar-refractivity contribution in [3.63, 3.8) is 0 Å². The highest BCUT2D eigenvalue weighted by atomic mass is 19.4. The molecule has 0 saturated carbocycles. The van der Waals surface area contributed by atoms with E-state index in [1.54, 1.807) is 0 Å². The van der Waals surface area contributed by atoms with Gasteiger partial charge in [-0.2, -0.15) is 13.2 Å². The lowest BCUT2D eigenvalue weighted by atomic mass is 9.96. The van der Waals surface area contributed by atoms with Crippen molar-refractivity contribution in [3.8, 4) is 0 Å². The Morgan fingerprint density at radius 3 is 2.38 bits per heavy atom. The minimum atomic E-state index is -4.76. The fraction of sp³-hybridized carbons (Fsp3) is 0.429. The number of nitrogens with one attached hydrogen (secondary N) is 1. The van der Waals surface area contributed by atoms with E-state index in [0.717, 1.165) is 12.3 Å². The van der Waals surface area contributed by atoms with Crippen molar-refractivity contribution in [2.75, 3.05) is 6.54 Å². The van der Waals surface area contributed by atoms with Crippen LogP contribution in [-0.4, -0.2) is 22.8 Å². The van der Waals surface area contributed by atoms with Gasteiger partial charge in [-0.3, -0.25) is 0 Å². The van der Waals surface area contributed by atoms with Gasteiger partial charge >= 0.3 is 6.18 Å². The van der Waals surface area contributed by atoms with Crippen LogP contribution in [0.1, 0.15) is 5.56 Å². The first-order valence-corrected chi connectivity index (χ1v) is 3.54. The predicted octanol–water partition coefficient (Wildman–Crippen LogP) is 0.723. The third-order valence-corrected chi connectivity index (χ3v) is 1.84. The van der Waals surface area contributed by atoms with Crippen LogP contribution in [0.4, 0.5) is 13.2 Å². The van der Waals surface area contributed by atoms with Gasteiger partial charge < -0.3 is 15.8 Å². The van der Waals surface area contributed by atoms with E-state index in [2.05, 4.69) is 4.98 Å². The molecule has 0 spiro atoms. The lowest BCUT2D eigenvalue weighted by Crippen LogP contribution is -2.48. The summed E-state index contributed by atoms with van der Waals surface area (Å²) in [7, 11) is 0. The summed E-state index contributed by atoms with van der Waals surface area (Å²) in [5.74, 6) is 0. The van der Waals surface area contributed by atoms with E-state index >= 15 is 0 Å². The maximum atomic E-state index is 12.3. The largest absolute Gasteiger partial charge is 0.422 e. The SMILES string of the molecule is NC[C@](O)(c1cc[nH]c1)C(F)(F)F. The summed E-state index contributed by atoms with van der Waals surface area (Å²) in [5.41, 5.74) is 1.67. The van der Waals surface area contributed by atoms with Gasteiger partial charge in [0.2, 0.25) is 0 Å². The summed E-state index contributed by atoms with van der Waals surface area (Å²) in [6, 6.07) is 1.14. The summed E-state index contributed by atoms with van der Waals surface area (Å²) in [6.07, 6.45) is -2.40. The molecule has 0 aliphatic carbocycles. The second-order valence-corrected chi connectivity index (χ2v) is 2.66. The van der Waals surface area contributed by atoms with E-state index < -0.39 is 18.3 Å². The van der Waals surface area contributed by atoms with Crippen LogP contribution in [0.2, 0.25) is 0 Å². The van der Waals surface area contributed by atoms with Crippen molar-refractivity contribution in [1.82, 2.24) is 4.98 Å². The summed E-state index contributed by atoms with van der Waals surface area (Å²) in [5, 5.41) is 9.25. The molecule has 0 aliphatic heterocycles. The Labute approximate surface area is 72.4 Å². The molecule has 13 heavy (non-hydrogen) atoms. The number of alkyl halides is 3. The lowest BCUT2D eigenvalue weighted by molar-refractivity contribution is -0.262. The van der Waals surface area contributed by atoms with Gasteiger partial charge in [-0.25, -0.2) is 0 Å². The van der Waals surface area contributed by atoms with E-state index in [9.17, 15) is 18.3 Å². The maximum Gasteiger partial charge on any atom is 0.422 e. The molecule has 4 N–H and O–H groups in total. The van der Waals surface area contributed by atoms with Crippen molar-refractivity contribution >= 4 is 0 Å². The first-order valence-electron chi connectivity index (χ1n) is 3.54. The van der Waals surface area contributed by atoms with Crippen molar-refractivity contribution in [2.45, 2.75) is 11.8 Å². The maximum absolute atomic E-state index is 12.3. The van der Waals surface area contributed by atoms with Crippen LogP contribution in [0.5, 0.6) is 0 Å². The van der Waals surface area contributed by atoms with E-state index in [1.807, 2.05) is 0 Å². The molecule has 6 heteroatoms. The second-order valence-electron chi connectivity index (χ2n) is 2.66. The number of hydrogen-bond donors (Lipinski definition) is 3. The van der Waals surface area contributed by atoms with Crippen molar-refractivity contribution in [3.05, 3.63) is 24.0 Å². The molecular formula is C7H9F3N2O. The molecule has 0 aromatic carbocycles. The van der Waals surface area contributed by atoms with Gasteiger partial charge in [0.1, 0.15) is 0 Å². The molecule has 1 aromatic heterocycles. The summed E-state index contributed by atoms with van der Waals surface area (Å²) >= 11 is 0. The van der Waals surface area contributed by atoms with Crippen LogP contribution in [0.15, 0.2) is 18.5 Å². The number of aromatic nitrogens is 1. The quantitative estimate of drug-likeness (QED) is 0.649. The van der Waals surface area contributed by atoms with E-state index in [4.69, 9.17) is 5.73 Å². The van der Waals surface area contributed by atoms with Crippen LogP contribution < -0.4 is 5.73 Å². The zero-order valence-corrected chi connectivity index (χ0v) is 6.60. The molecule has 1 aromatic rings. The zero-order chi connectivity index (χ0) is 10.1. The molecule has 1 atom stereocenters. The molecule has 3 nitrogen and oxygen atoms in total. The summed E-state index contributed by atoms with van der Waals surface area (Å²) in [4.78, 5) is 2.43. The highest BCUT2D eigenvalue weighted by molar-refractivity contribution is 5.21. The average Bonchev–Trinajstić information content (AvgIpc) is 2.52. The molecular weight excluding hydrogens is 185 g/mol. The number of halogens is 3. The average molecular weight is 194 g/mol. The van der Waals surface area contributed by atoms with Gasteiger partial charge in [0.25, 0.3) is 0 Å². The van der Waals surface area contributed by atoms with Gasteiger partial charge in [0, 0.05) is 24.5 Å². The van der Waals surface area contributed by atoms with Gasteiger partial charge in [-0.1, -0.05) is 0 Å². The fourth-order valence-corrected chi connectivity index (χ4v) is 0.978. The third-order valence-electron chi connectivity index (χ3n) is 1.84. The molecule has 1 rings (SSSR count). The van der Waals surface area contributed by atoms with Gasteiger partial charge in [0.05, 0.1) is 0 Å². The third kappa shape index (κ3) is 1.54. The minimum Gasteiger partial charge on any atom is -0.375 e. The monoisotopic (exact) mass is 194 g/mol. The molecule has 0 aliphatic rings. The molecule has 0 amide bonds. The second kappa shape index (κ2) is 3.04. The van der Waals surface area contributed by atoms with Crippen LogP contribution in [-0.2, 0) is 5.60 Å². The Kier molecular flexibility index (Phi) is 2.36. The van der Waals surface area contributed by atoms with E-state index in [-0.39, 0.29) is 5.56 Å². The zero-order valence-electron chi connectivity index (χ0n) is 6.60. The van der Waals surface area contributed by atoms with Crippen molar-refractivity contribution < 1.29 is 18.3 Å². The molecule has 0 saturated heterocycles. The Bertz CT molecular complexity index is 270. The Balaban J connectivity index is 3.09. The first kappa shape index (κ1) is 10.1. The Morgan fingerprint density at radius 1 is 1.46 bits per heavy atom. The van der Waals surface area contributed by atoms with Gasteiger partial charge in [-0.05, 0) is 6.07 Å². The summed E-state index contributed by atoms with van der Waals surface area (Å²) < 4.78 is 37.0. The van der Waals surface area contributed by atoms with Crippen molar-refractivity contribution in [1.29, 1.82) is 0 Å². The molecule has 1 heterocycles. The molecule has 0 fully saturated rings. The highest BCUT2D eigenvalue weighted by Crippen LogP contribution is 2.37. The number of aliphatic hydroxyl groups is 1. The number of rotatable bonds is 2. The fourth-order valence-electron chi connectivity index (χ4n) is 0.978.